The van der Waals surface area contributed by atoms with Gasteiger partial charge in [0.25, 0.3) is 5.91 Å². The van der Waals surface area contributed by atoms with Crippen molar-refractivity contribution >= 4 is 22.9 Å². The van der Waals surface area contributed by atoms with Crippen LogP contribution in [-0.4, -0.2) is 92.9 Å². The van der Waals surface area contributed by atoms with Crippen molar-refractivity contribution in [3.8, 4) is 17.2 Å². The Hall–Kier alpha value is -4.24. The minimum atomic E-state index is -0.0898. The molecule has 1 atom stereocenters. The van der Waals surface area contributed by atoms with E-state index in [1.165, 1.54) is 5.56 Å². The number of nitrogens with zero attached hydrogens (tertiary/aromatic N) is 5. The molecular formula is C34H43N5O4. The lowest BCUT2D eigenvalue weighted by Gasteiger charge is -2.28. The molecular weight excluding hydrogens is 542 g/mol. The average molecular weight is 586 g/mol. The van der Waals surface area contributed by atoms with Crippen LogP contribution >= 0.6 is 0 Å². The van der Waals surface area contributed by atoms with Crippen LogP contribution in [0.1, 0.15) is 34.7 Å². The van der Waals surface area contributed by atoms with E-state index in [9.17, 15) is 4.79 Å². The van der Waals surface area contributed by atoms with Crippen molar-refractivity contribution in [3.63, 3.8) is 0 Å². The number of methoxy groups -OCH3 is 3. The van der Waals surface area contributed by atoms with Gasteiger partial charge in [0.1, 0.15) is 0 Å². The van der Waals surface area contributed by atoms with Crippen LogP contribution in [0.15, 0.2) is 66.7 Å². The quantitative estimate of drug-likeness (QED) is 0.244. The number of hydrogen-bond donors (Lipinski definition) is 0. The Bertz CT molecular complexity index is 1500. The second-order valence-corrected chi connectivity index (χ2v) is 11.1. The number of para-hydroxylation sites is 2. The van der Waals surface area contributed by atoms with Crippen molar-refractivity contribution in [2.75, 3.05) is 72.5 Å². The largest absolute Gasteiger partial charge is 0.493 e. The molecule has 1 aromatic heterocycles. The van der Waals surface area contributed by atoms with Gasteiger partial charge in [-0.3, -0.25) is 4.79 Å². The zero-order valence-electron chi connectivity index (χ0n) is 26.0. The molecule has 1 aliphatic heterocycles. The lowest BCUT2D eigenvalue weighted by atomic mass is 9.94. The second-order valence-electron chi connectivity index (χ2n) is 11.1. The summed E-state index contributed by atoms with van der Waals surface area (Å²) in [7, 11) is 8.64. The van der Waals surface area contributed by atoms with Gasteiger partial charge in [0.15, 0.2) is 11.5 Å². The van der Waals surface area contributed by atoms with E-state index in [-0.39, 0.29) is 11.8 Å². The number of fused-ring (bicyclic) bond motifs is 1. The summed E-state index contributed by atoms with van der Waals surface area (Å²) < 4.78 is 18.6. The molecule has 0 aliphatic carbocycles. The van der Waals surface area contributed by atoms with E-state index >= 15 is 0 Å². The maximum Gasteiger partial charge on any atom is 0.253 e. The number of carbonyl (C=O) groups is 1. The maximum atomic E-state index is 13.6. The van der Waals surface area contributed by atoms with Gasteiger partial charge in [-0.05, 0) is 55.8 Å². The van der Waals surface area contributed by atoms with Gasteiger partial charge < -0.3 is 33.5 Å². The molecule has 0 spiro atoms. The molecule has 0 bridgehead atoms. The number of imidazole rings is 1. The number of aryl methyl sites for hydroxylation is 1. The zero-order chi connectivity index (χ0) is 30.3. The highest BCUT2D eigenvalue weighted by Crippen LogP contribution is 2.38. The molecule has 9 nitrogen and oxygen atoms in total. The Morgan fingerprint density at radius 1 is 0.907 bits per heavy atom. The van der Waals surface area contributed by atoms with Crippen LogP contribution in [0.5, 0.6) is 17.2 Å². The van der Waals surface area contributed by atoms with Gasteiger partial charge in [-0.25, -0.2) is 4.98 Å². The Morgan fingerprint density at radius 3 is 2.28 bits per heavy atom. The maximum absolute atomic E-state index is 13.6. The summed E-state index contributed by atoms with van der Waals surface area (Å²) in [5.41, 5.74) is 3.94. The Morgan fingerprint density at radius 2 is 1.60 bits per heavy atom. The first-order chi connectivity index (χ1) is 20.9. The van der Waals surface area contributed by atoms with E-state index in [1.54, 1.807) is 38.4 Å². The van der Waals surface area contributed by atoms with E-state index in [4.69, 9.17) is 19.2 Å². The Kier molecular flexibility index (Phi) is 9.72. The second kappa shape index (κ2) is 13.8. The van der Waals surface area contributed by atoms with Gasteiger partial charge in [0.2, 0.25) is 11.7 Å². The fourth-order valence-corrected chi connectivity index (χ4v) is 6.08. The smallest absolute Gasteiger partial charge is 0.253 e. The van der Waals surface area contributed by atoms with Crippen molar-refractivity contribution in [1.82, 2.24) is 19.4 Å². The van der Waals surface area contributed by atoms with Gasteiger partial charge in [-0.1, -0.05) is 42.5 Å². The predicted octanol–water partition coefficient (Wildman–Crippen LogP) is 5.06. The molecule has 0 radical (unpaired) electrons. The molecule has 0 N–H and O–H groups in total. The van der Waals surface area contributed by atoms with Crippen LogP contribution in [-0.2, 0) is 7.05 Å². The molecule has 3 aromatic carbocycles. The highest BCUT2D eigenvalue weighted by atomic mass is 16.5. The summed E-state index contributed by atoms with van der Waals surface area (Å²) in [6.45, 7) is 5.50. The topological polar surface area (TPSA) is 72.3 Å². The van der Waals surface area contributed by atoms with E-state index in [0.29, 0.717) is 29.4 Å². The summed E-state index contributed by atoms with van der Waals surface area (Å²) in [6, 6.07) is 22.3. The van der Waals surface area contributed by atoms with Gasteiger partial charge in [-0.2, -0.15) is 0 Å². The molecule has 1 amide bonds. The van der Waals surface area contributed by atoms with Gasteiger partial charge in [0.05, 0.1) is 32.4 Å². The number of amides is 1. The molecule has 1 fully saturated rings. The Balaban J connectivity index is 1.26. The van der Waals surface area contributed by atoms with Gasteiger partial charge >= 0.3 is 0 Å². The number of rotatable bonds is 11. The standard InChI is InChI=1S/C34H43N5O4/c1-36(33(40)27-22-30(41-3)32(43-5)31(23-27)42-4)24-26(25-12-7-6-8-13-25)16-19-38-17-11-18-39(21-20-38)34-35-28-14-9-10-15-29(28)37(34)2/h6-10,12-15,22-23,26H,11,16-21,24H2,1-5H3. The Labute approximate surface area is 254 Å². The first-order valence-corrected chi connectivity index (χ1v) is 14.9. The lowest BCUT2D eigenvalue weighted by molar-refractivity contribution is 0.0782. The van der Waals surface area contributed by atoms with Crippen LogP contribution in [0, 0.1) is 0 Å². The number of hydrogen-bond acceptors (Lipinski definition) is 7. The van der Waals surface area contributed by atoms with Crippen LogP contribution in [0.2, 0.25) is 0 Å². The van der Waals surface area contributed by atoms with E-state index < -0.39 is 0 Å². The van der Waals surface area contributed by atoms with Crippen molar-refractivity contribution < 1.29 is 19.0 Å². The number of carbonyl (C=O) groups excluding carboxylic acids is 1. The number of ether oxygens (including phenoxy) is 3. The summed E-state index contributed by atoms with van der Waals surface area (Å²) in [5.74, 6) is 2.54. The number of aromatic nitrogens is 2. The highest BCUT2D eigenvalue weighted by molar-refractivity contribution is 5.95. The first-order valence-electron chi connectivity index (χ1n) is 14.9. The van der Waals surface area contributed by atoms with Crippen molar-refractivity contribution in [2.45, 2.75) is 18.8 Å². The predicted molar refractivity (Wildman–Crippen MR) is 171 cm³/mol. The van der Waals surface area contributed by atoms with Gasteiger partial charge in [0, 0.05) is 51.8 Å². The fourth-order valence-electron chi connectivity index (χ4n) is 6.08. The molecule has 1 saturated heterocycles. The van der Waals surface area contributed by atoms with E-state index in [2.05, 4.69) is 63.9 Å². The minimum Gasteiger partial charge on any atom is -0.493 e. The molecule has 228 valence electrons. The zero-order valence-corrected chi connectivity index (χ0v) is 26.0. The first kappa shape index (κ1) is 30.2. The number of benzene rings is 3. The van der Waals surface area contributed by atoms with E-state index in [0.717, 1.165) is 62.5 Å². The van der Waals surface area contributed by atoms with Crippen molar-refractivity contribution in [3.05, 3.63) is 77.9 Å². The molecule has 1 unspecified atom stereocenters. The number of anilines is 1. The summed E-state index contributed by atoms with van der Waals surface area (Å²) in [5, 5.41) is 0. The minimum absolute atomic E-state index is 0.0898. The third kappa shape index (κ3) is 6.72. The molecule has 1 aliphatic rings. The van der Waals surface area contributed by atoms with Crippen LogP contribution in [0.4, 0.5) is 5.95 Å². The normalized spacial score (nSPS) is 14.8. The van der Waals surface area contributed by atoms with Crippen LogP contribution in [0.3, 0.4) is 0 Å². The molecule has 43 heavy (non-hydrogen) atoms. The van der Waals surface area contributed by atoms with Crippen molar-refractivity contribution in [2.24, 2.45) is 7.05 Å². The fraction of sp³-hybridized carbons (Fsp3) is 0.412. The molecule has 0 saturated carbocycles. The lowest BCUT2D eigenvalue weighted by Crippen LogP contribution is -2.35. The third-order valence-corrected chi connectivity index (χ3v) is 8.45. The third-order valence-electron chi connectivity index (χ3n) is 8.45. The SMILES string of the molecule is COc1cc(C(=O)N(C)CC(CCN2CCCN(c3nc4ccccc4n3C)CC2)c2ccccc2)cc(OC)c1OC. The molecule has 5 rings (SSSR count). The van der Waals surface area contributed by atoms with E-state index in [1.807, 2.05) is 19.2 Å². The van der Waals surface area contributed by atoms with Crippen LogP contribution < -0.4 is 19.1 Å². The van der Waals surface area contributed by atoms with Crippen LogP contribution in [0.25, 0.3) is 11.0 Å². The van der Waals surface area contributed by atoms with Crippen molar-refractivity contribution in [1.29, 1.82) is 0 Å². The van der Waals surface area contributed by atoms with Gasteiger partial charge in [-0.15, -0.1) is 0 Å². The summed E-state index contributed by atoms with van der Waals surface area (Å²) in [6.07, 6.45) is 2.03. The summed E-state index contributed by atoms with van der Waals surface area (Å²) >= 11 is 0. The molecule has 9 heteroatoms. The molecule has 4 aromatic rings. The average Bonchev–Trinajstić information content (AvgIpc) is 3.21. The highest BCUT2D eigenvalue weighted by Gasteiger charge is 2.24. The number of likely N-dealkylation sites (N-methyl/N-ethyl adjacent to an activating group) is 1. The monoisotopic (exact) mass is 585 g/mol. The molecule has 2 heterocycles. The summed E-state index contributed by atoms with van der Waals surface area (Å²) in [4.78, 5) is 25.3.